The first-order valence-corrected chi connectivity index (χ1v) is 5.90. The number of halogens is 1. The summed E-state index contributed by atoms with van der Waals surface area (Å²) < 4.78 is 0. The minimum atomic E-state index is 0.210. The van der Waals surface area contributed by atoms with Gasteiger partial charge in [0, 0.05) is 18.4 Å². The van der Waals surface area contributed by atoms with E-state index >= 15 is 0 Å². The summed E-state index contributed by atoms with van der Waals surface area (Å²) in [7, 11) is 0. The van der Waals surface area contributed by atoms with E-state index in [4.69, 9.17) is 16.9 Å². The Kier molecular flexibility index (Phi) is 3.07. The fraction of sp³-hybridized carbons (Fsp3) is 0.462. The second-order valence-corrected chi connectivity index (χ2v) is 5.08. The molecule has 0 atom stereocenters. The summed E-state index contributed by atoms with van der Waals surface area (Å²) in [6.07, 6.45) is 2.94. The van der Waals surface area contributed by atoms with Crippen molar-refractivity contribution in [3.8, 4) is 6.07 Å². The van der Waals surface area contributed by atoms with Crippen molar-refractivity contribution in [1.29, 1.82) is 5.26 Å². The average Bonchev–Trinajstić information content (AvgIpc) is 3.01. The maximum atomic E-state index is 8.73. The van der Waals surface area contributed by atoms with Gasteiger partial charge in [0.05, 0.1) is 16.8 Å². The van der Waals surface area contributed by atoms with Crippen molar-refractivity contribution in [2.75, 3.05) is 11.9 Å². The SMILES string of the molecule is Cc1ccc(Cl)c(NCC2(CC#N)CC2)c1. The number of hydrogen-bond donors (Lipinski definition) is 1. The molecule has 0 aromatic heterocycles. The quantitative estimate of drug-likeness (QED) is 0.861. The van der Waals surface area contributed by atoms with Crippen LogP contribution in [0, 0.1) is 23.7 Å². The van der Waals surface area contributed by atoms with Crippen LogP contribution in [0.2, 0.25) is 5.02 Å². The third kappa shape index (κ3) is 2.48. The van der Waals surface area contributed by atoms with Crippen molar-refractivity contribution in [3.05, 3.63) is 28.8 Å². The van der Waals surface area contributed by atoms with Crippen molar-refractivity contribution >= 4 is 17.3 Å². The lowest BCUT2D eigenvalue weighted by atomic mass is 10.0. The molecule has 1 aromatic rings. The topological polar surface area (TPSA) is 35.8 Å². The van der Waals surface area contributed by atoms with Gasteiger partial charge in [-0.3, -0.25) is 0 Å². The molecule has 1 aromatic carbocycles. The van der Waals surface area contributed by atoms with Crippen molar-refractivity contribution < 1.29 is 0 Å². The molecule has 0 aliphatic heterocycles. The Morgan fingerprint density at radius 1 is 1.50 bits per heavy atom. The molecule has 3 heteroatoms. The van der Waals surface area contributed by atoms with E-state index in [2.05, 4.69) is 11.4 Å². The first kappa shape index (κ1) is 11.3. The highest BCUT2D eigenvalue weighted by atomic mass is 35.5. The maximum Gasteiger partial charge on any atom is 0.0637 e. The van der Waals surface area contributed by atoms with Crippen LogP contribution in [0.1, 0.15) is 24.8 Å². The fourth-order valence-corrected chi connectivity index (χ4v) is 2.00. The third-order valence-electron chi connectivity index (χ3n) is 3.19. The number of nitrogens with zero attached hydrogens (tertiary/aromatic N) is 1. The average molecular weight is 235 g/mol. The number of benzene rings is 1. The lowest BCUT2D eigenvalue weighted by Crippen LogP contribution is -2.15. The number of anilines is 1. The van der Waals surface area contributed by atoms with Crippen molar-refractivity contribution in [2.24, 2.45) is 5.41 Å². The minimum Gasteiger partial charge on any atom is -0.383 e. The highest BCUT2D eigenvalue weighted by molar-refractivity contribution is 6.33. The predicted molar refractivity (Wildman–Crippen MR) is 66.6 cm³/mol. The molecule has 0 bridgehead atoms. The van der Waals surface area contributed by atoms with Crippen LogP contribution in [0.25, 0.3) is 0 Å². The standard InChI is InChI=1S/C13H15ClN2/c1-10-2-3-11(14)12(8-10)16-9-13(4-5-13)6-7-15/h2-3,8,16H,4-6,9H2,1H3. The molecule has 1 aliphatic carbocycles. The van der Waals surface area contributed by atoms with Crippen LogP contribution < -0.4 is 5.32 Å². The Morgan fingerprint density at radius 3 is 2.88 bits per heavy atom. The highest BCUT2D eigenvalue weighted by Crippen LogP contribution is 2.48. The largest absolute Gasteiger partial charge is 0.383 e. The lowest BCUT2D eigenvalue weighted by molar-refractivity contribution is 0.557. The number of nitriles is 1. The molecule has 0 saturated heterocycles. The Labute approximate surface area is 101 Å². The lowest BCUT2D eigenvalue weighted by Gasteiger charge is -2.14. The number of hydrogen-bond acceptors (Lipinski definition) is 2. The van der Waals surface area contributed by atoms with Gasteiger partial charge in [-0.15, -0.1) is 0 Å². The molecular weight excluding hydrogens is 220 g/mol. The second kappa shape index (κ2) is 4.35. The summed E-state index contributed by atoms with van der Waals surface area (Å²) in [6.45, 7) is 2.90. The number of nitrogens with one attached hydrogen (secondary N) is 1. The van der Waals surface area contributed by atoms with Gasteiger partial charge in [0.2, 0.25) is 0 Å². The summed E-state index contributed by atoms with van der Waals surface area (Å²) in [6, 6.07) is 8.21. The van der Waals surface area contributed by atoms with Gasteiger partial charge in [-0.05, 0) is 37.5 Å². The van der Waals surface area contributed by atoms with E-state index in [-0.39, 0.29) is 5.41 Å². The molecule has 0 spiro atoms. The van der Waals surface area contributed by atoms with Gasteiger partial charge in [-0.2, -0.15) is 5.26 Å². The molecule has 16 heavy (non-hydrogen) atoms. The zero-order valence-electron chi connectivity index (χ0n) is 9.39. The van der Waals surface area contributed by atoms with E-state index in [0.29, 0.717) is 6.42 Å². The van der Waals surface area contributed by atoms with Gasteiger partial charge < -0.3 is 5.32 Å². The summed E-state index contributed by atoms with van der Waals surface area (Å²) in [4.78, 5) is 0. The molecule has 1 saturated carbocycles. The molecule has 0 amide bonds. The summed E-state index contributed by atoms with van der Waals surface area (Å²) in [5, 5.41) is 12.8. The van der Waals surface area contributed by atoms with Crippen LogP contribution in [-0.4, -0.2) is 6.54 Å². The summed E-state index contributed by atoms with van der Waals surface area (Å²) in [5.41, 5.74) is 2.38. The van der Waals surface area contributed by atoms with Crippen LogP contribution in [-0.2, 0) is 0 Å². The molecule has 2 rings (SSSR count). The Hall–Kier alpha value is -1.20. The van der Waals surface area contributed by atoms with E-state index < -0.39 is 0 Å². The van der Waals surface area contributed by atoms with Crippen LogP contribution >= 0.6 is 11.6 Å². The van der Waals surface area contributed by atoms with Crippen LogP contribution in [0.5, 0.6) is 0 Å². The molecular formula is C13H15ClN2. The Balaban J connectivity index is 2.00. The molecule has 1 aliphatic rings. The minimum absolute atomic E-state index is 0.210. The molecule has 1 N–H and O–H groups in total. The fourth-order valence-electron chi connectivity index (χ4n) is 1.82. The van der Waals surface area contributed by atoms with E-state index in [1.54, 1.807) is 0 Å². The van der Waals surface area contributed by atoms with Crippen molar-refractivity contribution in [2.45, 2.75) is 26.2 Å². The highest BCUT2D eigenvalue weighted by Gasteiger charge is 2.42. The van der Waals surface area contributed by atoms with E-state index in [1.807, 2.05) is 25.1 Å². The van der Waals surface area contributed by atoms with E-state index in [0.717, 1.165) is 30.1 Å². The van der Waals surface area contributed by atoms with Gasteiger partial charge in [-0.25, -0.2) is 0 Å². The molecule has 0 radical (unpaired) electrons. The molecule has 2 nitrogen and oxygen atoms in total. The zero-order valence-corrected chi connectivity index (χ0v) is 10.1. The first-order valence-electron chi connectivity index (χ1n) is 5.52. The van der Waals surface area contributed by atoms with Gasteiger partial charge in [0.1, 0.15) is 0 Å². The van der Waals surface area contributed by atoms with E-state index in [9.17, 15) is 0 Å². The number of aryl methyl sites for hydroxylation is 1. The third-order valence-corrected chi connectivity index (χ3v) is 3.52. The van der Waals surface area contributed by atoms with Gasteiger partial charge in [0.15, 0.2) is 0 Å². The Morgan fingerprint density at radius 2 is 2.25 bits per heavy atom. The van der Waals surface area contributed by atoms with Gasteiger partial charge in [0.25, 0.3) is 0 Å². The molecule has 0 heterocycles. The Bertz CT molecular complexity index is 430. The van der Waals surface area contributed by atoms with Crippen LogP contribution in [0.15, 0.2) is 18.2 Å². The first-order chi connectivity index (χ1) is 7.65. The summed E-state index contributed by atoms with van der Waals surface area (Å²) in [5.74, 6) is 0. The van der Waals surface area contributed by atoms with E-state index in [1.165, 1.54) is 5.56 Å². The maximum absolute atomic E-state index is 8.73. The summed E-state index contributed by atoms with van der Waals surface area (Å²) >= 11 is 6.10. The second-order valence-electron chi connectivity index (χ2n) is 4.67. The molecule has 1 fully saturated rings. The smallest absolute Gasteiger partial charge is 0.0637 e. The molecule has 0 unspecified atom stereocenters. The van der Waals surface area contributed by atoms with Crippen molar-refractivity contribution in [3.63, 3.8) is 0 Å². The molecule has 84 valence electrons. The predicted octanol–water partition coefficient (Wildman–Crippen LogP) is 3.75. The van der Waals surface area contributed by atoms with Crippen LogP contribution in [0.4, 0.5) is 5.69 Å². The number of rotatable bonds is 4. The van der Waals surface area contributed by atoms with Gasteiger partial charge >= 0.3 is 0 Å². The van der Waals surface area contributed by atoms with Gasteiger partial charge in [-0.1, -0.05) is 17.7 Å². The normalized spacial score (nSPS) is 16.6. The zero-order chi connectivity index (χ0) is 11.6. The van der Waals surface area contributed by atoms with Crippen molar-refractivity contribution in [1.82, 2.24) is 0 Å². The van der Waals surface area contributed by atoms with Crippen LogP contribution in [0.3, 0.4) is 0 Å². The monoisotopic (exact) mass is 234 g/mol.